The van der Waals surface area contributed by atoms with Crippen LogP contribution < -0.4 is 11.0 Å². The number of carbonyl (C=O) groups excluding carboxylic acids is 1. The Hall–Kier alpha value is -4.08. The SMILES string of the molecule is COCc1c(Br)c(C)n(CC(=O)N/N=C\c2ccc(-c3cccc([N+](=O)[O-])c3)o2)c(=O)c1C#N. The second kappa shape index (κ2) is 10.7. The minimum Gasteiger partial charge on any atom is -0.455 e. The molecule has 1 amide bonds. The van der Waals surface area contributed by atoms with Crippen LogP contribution in [0.5, 0.6) is 0 Å². The van der Waals surface area contributed by atoms with E-state index in [2.05, 4.69) is 26.5 Å². The van der Waals surface area contributed by atoms with Crippen LogP contribution in [0.1, 0.15) is 22.6 Å². The van der Waals surface area contributed by atoms with Crippen molar-refractivity contribution in [3.05, 3.63) is 83.9 Å². The third kappa shape index (κ3) is 5.28. The molecule has 0 aliphatic heterocycles. The fourth-order valence-electron chi connectivity index (χ4n) is 3.15. The van der Waals surface area contributed by atoms with Crippen LogP contribution in [0.15, 0.2) is 55.2 Å². The van der Waals surface area contributed by atoms with Crippen molar-refractivity contribution in [3.63, 3.8) is 0 Å². The number of pyridine rings is 1. The van der Waals surface area contributed by atoms with Gasteiger partial charge in [0.05, 0.1) is 17.7 Å². The smallest absolute Gasteiger partial charge is 0.270 e. The number of hydrogen-bond donors (Lipinski definition) is 1. The van der Waals surface area contributed by atoms with E-state index in [0.717, 1.165) is 0 Å². The molecule has 0 bridgehead atoms. The van der Waals surface area contributed by atoms with Crippen LogP contribution in [-0.4, -0.2) is 28.7 Å². The summed E-state index contributed by atoms with van der Waals surface area (Å²) >= 11 is 3.36. The van der Waals surface area contributed by atoms with E-state index in [9.17, 15) is 25.0 Å². The number of nitro groups is 1. The lowest BCUT2D eigenvalue weighted by Gasteiger charge is -2.15. The average molecular weight is 528 g/mol. The molecule has 1 aromatic carbocycles. The van der Waals surface area contributed by atoms with Crippen molar-refractivity contribution >= 4 is 33.7 Å². The number of ether oxygens (including phenoxy) is 1. The number of nitriles is 1. The summed E-state index contributed by atoms with van der Waals surface area (Å²) in [5.74, 6) is 0.0967. The summed E-state index contributed by atoms with van der Waals surface area (Å²) in [6.07, 6.45) is 1.26. The fraction of sp³-hybridized carbons (Fsp3) is 0.182. The first-order chi connectivity index (χ1) is 16.3. The number of carbonyl (C=O) groups is 1. The number of nitro benzene ring substituents is 1. The number of hydrogen-bond acceptors (Lipinski definition) is 8. The van der Waals surface area contributed by atoms with Crippen molar-refractivity contribution in [2.45, 2.75) is 20.1 Å². The summed E-state index contributed by atoms with van der Waals surface area (Å²) in [7, 11) is 1.45. The Morgan fingerprint density at radius 2 is 2.18 bits per heavy atom. The van der Waals surface area contributed by atoms with Gasteiger partial charge in [0, 0.05) is 40.5 Å². The molecule has 2 aromatic heterocycles. The maximum Gasteiger partial charge on any atom is 0.270 e. The van der Waals surface area contributed by atoms with Crippen molar-refractivity contribution in [1.82, 2.24) is 9.99 Å². The third-order valence-electron chi connectivity index (χ3n) is 4.80. The van der Waals surface area contributed by atoms with Gasteiger partial charge in [0.2, 0.25) is 0 Å². The molecule has 0 unspecified atom stereocenters. The number of furan rings is 1. The minimum atomic E-state index is -0.609. The molecule has 0 aliphatic rings. The summed E-state index contributed by atoms with van der Waals surface area (Å²) in [6, 6.07) is 11.0. The first-order valence-corrected chi connectivity index (χ1v) is 10.5. The largest absolute Gasteiger partial charge is 0.455 e. The van der Waals surface area contributed by atoms with Crippen molar-refractivity contribution in [3.8, 4) is 17.4 Å². The van der Waals surface area contributed by atoms with Crippen molar-refractivity contribution in [2.75, 3.05) is 7.11 Å². The molecular weight excluding hydrogens is 510 g/mol. The molecule has 0 saturated carbocycles. The Morgan fingerprint density at radius 1 is 1.41 bits per heavy atom. The van der Waals surface area contributed by atoms with Crippen LogP contribution >= 0.6 is 15.9 Å². The molecule has 2 heterocycles. The van der Waals surface area contributed by atoms with Gasteiger partial charge in [-0.2, -0.15) is 10.4 Å². The predicted octanol–water partition coefficient (Wildman–Crippen LogP) is 3.26. The highest BCUT2D eigenvalue weighted by molar-refractivity contribution is 9.10. The molecule has 0 saturated heterocycles. The van der Waals surface area contributed by atoms with Gasteiger partial charge in [0.1, 0.15) is 29.7 Å². The monoisotopic (exact) mass is 527 g/mol. The quantitative estimate of drug-likeness (QED) is 0.268. The zero-order chi connectivity index (χ0) is 24.8. The number of nitrogens with zero attached hydrogens (tertiary/aromatic N) is 4. The van der Waals surface area contributed by atoms with E-state index in [1.54, 1.807) is 31.2 Å². The normalized spacial score (nSPS) is 10.9. The molecule has 3 aromatic rings. The highest BCUT2D eigenvalue weighted by Crippen LogP contribution is 2.25. The van der Waals surface area contributed by atoms with Gasteiger partial charge < -0.3 is 13.7 Å². The molecule has 11 nitrogen and oxygen atoms in total. The number of amides is 1. The summed E-state index contributed by atoms with van der Waals surface area (Å²) < 4.78 is 12.3. The molecule has 3 rings (SSSR count). The van der Waals surface area contributed by atoms with E-state index in [1.165, 1.54) is 30.0 Å². The molecule has 12 heteroatoms. The topological polar surface area (TPSA) is 153 Å². The Labute approximate surface area is 201 Å². The standard InChI is InChI=1S/C22H18BrN5O6/c1-13-21(23)18(12-33-2)17(9-24)22(30)27(13)11-20(29)26-25-10-16-6-7-19(34-16)14-4-3-5-15(8-14)28(31)32/h3-8,10H,11-12H2,1-2H3,(H,26,29)/b25-10-. The maximum absolute atomic E-state index is 12.7. The molecule has 174 valence electrons. The highest BCUT2D eigenvalue weighted by Gasteiger charge is 2.19. The third-order valence-corrected chi connectivity index (χ3v) is 5.85. The number of rotatable bonds is 8. The van der Waals surface area contributed by atoms with E-state index in [1.807, 2.05) is 6.07 Å². The summed E-state index contributed by atoms with van der Waals surface area (Å²) in [5, 5.41) is 24.1. The van der Waals surface area contributed by atoms with Gasteiger partial charge in [-0.25, -0.2) is 5.43 Å². The molecule has 34 heavy (non-hydrogen) atoms. The van der Waals surface area contributed by atoms with Gasteiger partial charge in [-0.15, -0.1) is 0 Å². The Balaban J connectivity index is 1.72. The summed E-state index contributed by atoms with van der Waals surface area (Å²) in [5.41, 5.74) is 2.91. The van der Waals surface area contributed by atoms with Crippen LogP contribution in [0.4, 0.5) is 5.69 Å². The van der Waals surface area contributed by atoms with Crippen LogP contribution in [0.25, 0.3) is 11.3 Å². The molecule has 0 spiro atoms. The molecule has 1 N–H and O–H groups in total. The Kier molecular flexibility index (Phi) is 7.72. The Morgan fingerprint density at radius 3 is 2.85 bits per heavy atom. The fourth-order valence-corrected chi connectivity index (χ4v) is 3.67. The first kappa shape index (κ1) is 24.6. The lowest BCUT2D eigenvalue weighted by Crippen LogP contribution is -2.33. The van der Waals surface area contributed by atoms with Crippen molar-refractivity contribution in [1.29, 1.82) is 5.26 Å². The van der Waals surface area contributed by atoms with E-state index in [-0.39, 0.29) is 24.4 Å². The van der Waals surface area contributed by atoms with Crippen LogP contribution in [0, 0.1) is 28.4 Å². The van der Waals surface area contributed by atoms with E-state index in [4.69, 9.17) is 9.15 Å². The number of nitrogens with one attached hydrogen (secondary N) is 1. The number of methoxy groups -OCH3 is 1. The number of hydrazone groups is 1. The summed E-state index contributed by atoms with van der Waals surface area (Å²) in [4.78, 5) is 35.5. The van der Waals surface area contributed by atoms with Gasteiger partial charge in [-0.05, 0) is 35.0 Å². The van der Waals surface area contributed by atoms with Gasteiger partial charge in [0.25, 0.3) is 17.2 Å². The average Bonchev–Trinajstić information content (AvgIpc) is 3.29. The van der Waals surface area contributed by atoms with Crippen LogP contribution in [0.2, 0.25) is 0 Å². The van der Waals surface area contributed by atoms with E-state index in [0.29, 0.717) is 32.8 Å². The molecule has 0 fully saturated rings. The molecular formula is C22H18BrN5O6. The zero-order valence-electron chi connectivity index (χ0n) is 18.1. The highest BCUT2D eigenvalue weighted by atomic mass is 79.9. The second-order valence-corrected chi connectivity index (χ2v) is 7.78. The zero-order valence-corrected chi connectivity index (χ0v) is 19.7. The summed E-state index contributed by atoms with van der Waals surface area (Å²) in [6.45, 7) is 1.35. The van der Waals surface area contributed by atoms with Crippen molar-refractivity contribution < 1.29 is 18.9 Å². The lowest BCUT2D eigenvalue weighted by molar-refractivity contribution is -0.384. The van der Waals surface area contributed by atoms with Gasteiger partial charge in [-0.1, -0.05) is 12.1 Å². The number of non-ortho nitro benzene ring substituents is 1. The van der Waals surface area contributed by atoms with E-state index >= 15 is 0 Å². The number of benzene rings is 1. The molecule has 0 atom stereocenters. The Bertz CT molecular complexity index is 1390. The molecule has 0 aliphatic carbocycles. The van der Waals surface area contributed by atoms with Crippen LogP contribution in [-0.2, 0) is 22.7 Å². The number of aromatic nitrogens is 1. The van der Waals surface area contributed by atoms with Crippen LogP contribution in [0.3, 0.4) is 0 Å². The first-order valence-electron chi connectivity index (χ1n) is 9.74. The molecule has 0 radical (unpaired) electrons. The van der Waals surface area contributed by atoms with Gasteiger partial charge in [0.15, 0.2) is 0 Å². The lowest BCUT2D eigenvalue weighted by atomic mass is 10.1. The van der Waals surface area contributed by atoms with E-state index < -0.39 is 16.4 Å². The predicted molar refractivity (Wildman–Crippen MR) is 125 cm³/mol. The second-order valence-electron chi connectivity index (χ2n) is 6.99. The number of halogens is 1. The minimum absolute atomic E-state index is 0.0663. The van der Waals surface area contributed by atoms with Gasteiger partial charge in [-0.3, -0.25) is 19.7 Å². The van der Waals surface area contributed by atoms with Crippen molar-refractivity contribution in [2.24, 2.45) is 5.10 Å². The van der Waals surface area contributed by atoms with Gasteiger partial charge >= 0.3 is 0 Å². The maximum atomic E-state index is 12.7.